The molecule has 0 amide bonds. The van der Waals surface area contributed by atoms with Gasteiger partial charge in [-0.05, 0) is 42.9 Å². The molecule has 0 aliphatic carbocycles. The Morgan fingerprint density at radius 3 is 1.75 bits per heavy atom. The Bertz CT molecular complexity index is 959. The van der Waals surface area contributed by atoms with E-state index in [4.69, 9.17) is 0 Å². The number of carbonyl (C=O) groups excluding carboxylic acids is 1. The highest BCUT2D eigenvalue weighted by Gasteiger charge is 2.19. The van der Waals surface area contributed by atoms with Gasteiger partial charge in [0.25, 0.3) is 0 Å². The summed E-state index contributed by atoms with van der Waals surface area (Å²) < 4.78 is 0. The molecule has 0 unspecified atom stereocenters. The van der Waals surface area contributed by atoms with Crippen LogP contribution in [-0.4, -0.2) is 5.78 Å². The van der Waals surface area contributed by atoms with Crippen LogP contribution >= 0.6 is 0 Å². The number of allylic oxidation sites excluding steroid dienone is 1. The molecule has 1 atom stereocenters. The fourth-order valence-electron chi connectivity index (χ4n) is 3.43. The summed E-state index contributed by atoms with van der Waals surface area (Å²) in [4.78, 5) is 12.9. The maximum absolute atomic E-state index is 12.9. The summed E-state index contributed by atoms with van der Waals surface area (Å²) in [7, 11) is 0. The molecule has 0 fully saturated rings. The molecule has 0 aliphatic heterocycles. The van der Waals surface area contributed by atoms with Gasteiger partial charge in [-0.3, -0.25) is 4.79 Å². The Morgan fingerprint density at radius 2 is 1.21 bits per heavy atom. The summed E-state index contributed by atoms with van der Waals surface area (Å²) in [6.45, 7) is 4.13. The molecule has 28 heavy (non-hydrogen) atoms. The third kappa shape index (κ3) is 5.42. The van der Waals surface area contributed by atoms with Gasteiger partial charge >= 0.3 is 0 Å². The van der Waals surface area contributed by atoms with E-state index in [1.54, 1.807) is 0 Å². The van der Waals surface area contributed by atoms with Crippen molar-refractivity contribution in [3.05, 3.63) is 119 Å². The second kappa shape index (κ2) is 9.69. The van der Waals surface area contributed by atoms with Gasteiger partial charge in [-0.25, -0.2) is 0 Å². The number of hydrogen-bond donors (Lipinski definition) is 0. The van der Waals surface area contributed by atoms with Crippen LogP contribution in [0.4, 0.5) is 0 Å². The van der Waals surface area contributed by atoms with Crippen LogP contribution in [0.3, 0.4) is 0 Å². The Hall–Kier alpha value is -3.15. The molecule has 3 rings (SSSR count). The molecular formula is C27H26O. The average Bonchev–Trinajstić information content (AvgIpc) is 2.74. The summed E-state index contributed by atoms with van der Waals surface area (Å²) in [5.74, 6) is 0.287. The van der Waals surface area contributed by atoms with Gasteiger partial charge in [-0.15, -0.1) is 5.73 Å². The van der Waals surface area contributed by atoms with Crippen molar-refractivity contribution in [2.45, 2.75) is 32.6 Å². The predicted octanol–water partition coefficient (Wildman–Crippen LogP) is 7.08. The monoisotopic (exact) mass is 366 g/mol. The van der Waals surface area contributed by atoms with E-state index in [9.17, 15) is 4.79 Å². The summed E-state index contributed by atoms with van der Waals surface area (Å²) in [5.41, 5.74) is 8.95. The van der Waals surface area contributed by atoms with E-state index in [2.05, 4.69) is 56.0 Å². The molecule has 3 aromatic carbocycles. The first-order valence-corrected chi connectivity index (χ1v) is 9.75. The zero-order valence-corrected chi connectivity index (χ0v) is 16.6. The maximum Gasteiger partial charge on any atom is 0.163 e. The van der Waals surface area contributed by atoms with Crippen molar-refractivity contribution >= 4 is 11.4 Å². The van der Waals surface area contributed by atoms with Gasteiger partial charge in [0, 0.05) is 17.6 Å². The number of benzene rings is 3. The minimum Gasteiger partial charge on any atom is -0.294 e. The largest absolute Gasteiger partial charge is 0.294 e. The molecule has 0 bridgehead atoms. The van der Waals surface area contributed by atoms with Crippen molar-refractivity contribution in [3.8, 4) is 0 Å². The highest BCUT2D eigenvalue weighted by atomic mass is 16.1. The summed E-state index contributed by atoms with van der Waals surface area (Å²) >= 11 is 0. The van der Waals surface area contributed by atoms with Gasteiger partial charge in [0.1, 0.15) is 0 Å². The Labute approximate surface area is 168 Å². The molecular weight excluding hydrogens is 340 g/mol. The van der Waals surface area contributed by atoms with Crippen molar-refractivity contribution in [2.24, 2.45) is 0 Å². The van der Waals surface area contributed by atoms with E-state index >= 15 is 0 Å². The molecule has 0 aliphatic rings. The van der Waals surface area contributed by atoms with Crippen LogP contribution < -0.4 is 0 Å². The Kier molecular flexibility index (Phi) is 6.78. The van der Waals surface area contributed by atoms with E-state index in [0.29, 0.717) is 6.42 Å². The van der Waals surface area contributed by atoms with E-state index in [1.165, 1.54) is 5.56 Å². The lowest BCUT2D eigenvalue weighted by molar-refractivity contribution is 0.0974. The number of hydrogen-bond acceptors (Lipinski definition) is 1. The first-order valence-electron chi connectivity index (χ1n) is 9.75. The lowest BCUT2D eigenvalue weighted by Crippen LogP contribution is -2.08. The predicted molar refractivity (Wildman–Crippen MR) is 117 cm³/mol. The van der Waals surface area contributed by atoms with Gasteiger partial charge in [-0.1, -0.05) is 91.0 Å². The highest BCUT2D eigenvalue weighted by molar-refractivity contribution is 5.96. The van der Waals surface area contributed by atoms with Crippen LogP contribution in [0.1, 0.15) is 54.1 Å². The molecule has 0 radical (unpaired) electrons. The standard InChI is InChI=1S/C27H26O/c1-21(2)18-25(22-12-6-3-7-13-22)19-26(23-14-8-4-9-15-23)20-27(28)24-16-10-5-11-17-24/h3-17,26H,19-20H2,1-2H3/t26-/m0/s1. The second-order valence-corrected chi connectivity index (χ2v) is 7.27. The van der Waals surface area contributed by atoms with E-state index in [1.807, 2.05) is 54.6 Å². The molecule has 0 spiro atoms. The van der Waals surface area contributed by atoms with Crippen LogP contribution in [0.5, 0.6) is 0 Å². The molecule has 0 saturated heterocycles. The van der Waals surface area contributed by atoms with Crippen LogP contribution in [-0.2, 0) is 0 Å². The molecule has 140 valence electrons. The third-order valence-corrected chi connectivity index (χ3v) is 4.77. The molecule has 3 aromatic rings. The van der Waals surface area contributed by atoms with Crippen molar-refractivity contribution in [2.75, 3.05) is 0 Å². The van der Waals surface area contributed by atoms with Gasteiger partial charge in [0.15, 0.2) is 5.78 Å². The third-order valence-electron chi connectivity index (χ3n) is 4.77. The fourth-order valence-corrected chi connectivity index (χ4v) is 3.43. The van der Waals surface area contributed by atoms with Crippen LogP contribution in [0.15, 0.2) is 102 Å². The van der Waals surface area contributed by atoms with Crippen molar-refractivity contribution in [1.29, 1.82) is 0 Å². The summed E-state index contributed by atoms with van der Waals surface area (Å²) in [6.07, 6.45) is 1.26. The smallest absolute Gasteiger partial charge is 0.163 e. The van der Waals surface area contributed by atoms with Crippen molar-refractivity contribution in [1.82, 2.24) is 0 Å². The molecule has 0 heterocycles. The lowest BCUT2D eigenvalue weighted by atomic mass is 9.84. The number of ketones is 1. The quantitative estimate of drug-likeness (QED) is 0.322. The normalized spacial score (nSPS) is 11.4. The number of carbonyl (C=O) groups is 1. The Morgan fingerprint density at radius 1 is 0.714 bits per heavy atom. The van der Waals surface area contributed by atoms with Gasteiger partial charge in [0.2, 0.25) is 0 Å². The van der Waals surface area contributed by atoms with E-state index in [0.717, 1.165) is 28.7 Å². The number of Topliss-reactive ketones (excluding diaryl/α,β-unsaturated/α-hetero) is 1. The van der Waals surface area contributed by atoms with Crippen LogP contribution in [0.25, 0.3) is 5.57 Å². The topological polar surface area (TPSA) is 17.1 Å². The first kappa shape index (κ1) is 19.6. The van der Waals surface area contributed by atoms with Gasteiger partial charge in [0.05, 0.1) is 0 Å². The maximum atomic E-state index is 12.9. The average molecular weight is 367 g/mol. The highest BCUT2D eigenvalue weighted by Crippen LogP contribution is 2.32. The van der Waals surface area contributed by atoms with E-state index < -0.39 is 0 Å². The molecule has 0 saturated carbocycles. The molecule has 1 nitrogen and oxygen atoms in total. The summed E-state index contributed by atoms with van der Waals surface area (Å²) in [5, 5.41) is 0. The van der Waals surface area contributed by atoms with Crippen LogP contribution in [0, 0.1) is 0 Å². The minimum atomic E-state index is 0.107. The minimum absolute atomic E-state index is 0.107. The second-order valence-electron chi connectivity index (χ2n) is 7.27. The molecule has 1 heteroatoms. The fraction of sp³-hybridized carbons (Fsp3) is 0.185. The number of rotatable bonds is 7. The van der Waals surface area contributed by atoms with Crippen LogP contribution in [0.2, 0.25) is 0 Å². The zero-order chi connectivity index (χ0) is 19.8. The molecule has 0 aromatic heterocycles. The lowest BCUT2D eigenvalue weighted by Gasteiger charge is -2.18. The van der Waals surface area contributed by atoms with Crippen molar-refractivity contribution in [3.63, 3.8) is 0 Å². The van der Waals surface area contributed by atoms with Gasteiger partial charge in [-0.2, -0.15) is 0 Å². The first-order chi connectivity index (χ1) is 13.6. The zero-order valence-electron chi connectivity index (χ0n) is 16.6. The Balaban J connectivity index is 1.95. The van der Waals surface area contributed by atoms with Gasteiger partial charge < -0.3 is 0 Å². The van der Waals surface area contributed by atoms with Crippen molar-refractivity contribution < 1.29 is 4.79 Å². The van der Waals surface area contributed by atoms with E-state index in [-0.39, 0.29) is 11.7 Å². The summed E-state index contributed by atoms with van der Waals surface area (Å²) in [6, 6.07) is 30.3. The molecule has 0 N–H and O–H groups in total. The SMILES string of the molecule is CC(C)=C=C(C[C@@H](CC(=O)c1ccccc1)c1ccccc1)c1ccccc1.